The van der Waals surface area contributed by atoms with Crippen LogP contribution in [0.3, 0.4) is 0 Å². The minimum absolute atomic E-state index is 0.0628. The molecule has 0 aliphatic carbocycles. The minimum Gasteiger partial charge on any atom is -0.496 e. The molecule has 0 amide bonds. The average molecular weight is 376 g/mol. The zero-order valence-electron chi connectivity index (χ0n) is 12.4. The van der Waals surface area contributed by atoms with Gasteiger partial charge in [-0.05, 0) is 30.3 Å². The van der Waals surface area contributed by atoms with E-state index >= 15 is 0 Å². The Kier molecular flexibility index (Phi) is 4.62. The molecule has 0 unspecified atom stereocenters. The summed E-state index contributed by atoms with van der Waals surface area (Å²) in [5.74, 6) is 0.305. The van der Waals surface area contributed by atoms with Gasteiger partial charge in [0.25, 0.3) is 0 Å². The van der Waals surface area contributed by atoms with E-state index in [9.17, 15) is 4.79 Å². The van der Waals surface area contributed by atoms with Crippen LogP contribution in [0.25, 0.3) is 11.0 Å². The minimum atomic E-state index is -0.369. The van der Waals surface area contributed by atoms with Gasteiger partial charge >= 0.3 is 5.97 Å². The Labute approximate surface area is 141 Å². The van der Waals surface area contributed by atoms with Gasteiger partial charge in [-0.2, -0.15) is 0 Å². The van der Waals surface area contributed by atoms with Crippen molar-refractivity contribution in [1.82, 2.24) is 5.16 Å². The van der Waals surface area contributed by atoms with Crippen LogP contribution < -0.4 is 4.74 Å². The van der Waals surface area contributed by atoms with E-state index in [2.05, 4.69) is 21.1 Å². The van der Waals surface area contributed by atoms with Crippen LogP contribution in [0.1, 0.15) is 11.3 Å². The van der Waals surface area contributed by atoms with E-state index < -0.39 is 0 Å². The second-order valence-corrected chi connectivity index (χ2v) is 5.83. The molecule has 0 aliphatic rings. The van der Waals surface area contributed by atoms with Gasteiger partial charge in [0.05, 0.1) is 13.5 Å². The van der Waals surface area contributed by atoms with Crippen LogP contribution >= 0.6 is 15.9 Å². The van der Waals surface area contributed by atoms with Gasteiger partial charge in [0.2, 0.25) is 0 Å². The Morgan fingerprint density at radius 3 is 2.91 bits per heavy atom. The second-order valence-electron chi connectivity index (χ2n) is 4.92. The van der Waals surface area contributed by atoms with E-state index in [0.29, 0.717) is 17.0 Å². The molecular weight excluding hydrogens is 362 g/mol. The Hall–Kier alpha value is -2.34. The molecule has 0 atom stereocenters. The van der Waals surface area contributed by atoms with E-state index in [1.165, 1.54) is 0 Å². The predicted molar refractivity (Wildman–Crippen MR) is 88.2 cm³/mol. The maximum Gasteiger partial charge on any atom is 0.312 e. The maximum absolute atomic E-state index is 12.1. The number of ether oxygens (including phenoxy) is 2. The highest BCUT2D eigenvalue weighted by Gasteiger charge is 2.14. The summed E-state index contributed by atoms with van der Waals surface area (Å²) in [6, 6.07) is 13.0. The quantitative estimate of drug-likeness (QED) is 0.633. The van der Waals surface area contributed by atoms with Gasteiger partial charge in [-0.3, -0.25) is 4.79 Å². The molecule has 0 saturated heterocycles. The Morgan fingerprint density at radius 1 is 1.26 bits per heavy atom. The number of carbonyl (C=O) groups excluding carboxylic acids is 1. The number of halogens is 1. The monoisotopic (exact) mass is 375 g/mol. The molecule has 0 saturated carbocycles. The SMILES string of the molecule is COc1ccc(Br)cc1COC(=O)Cc1noc2ccccc12. The van der Waals surface area contributed by atoms with Gasteiger partial charge in [0, 0.05) is 15.4 Å². The first-order chi connectivity index (χ1) is 11.2. The third-order valence-corrected chi connectivity index (χ3v) is 3.89. The van der Waals surface area contributed by atoms with Gasteiger partial charge in [0.1, 0.15) is 18.1 Å². The number of rotatable bonds is 5. The lowest BCUT2D eigenvalue weighted by molar-refractivity contribution is -0.144. The molecule has 5 nitrogen and oxygen atoms in total. The summed E-state index contributed by atoms with van der Waals surface area (Å²) >= 11 is 3.39. The van der Waals surface area contributed by atoms with Gasteiger partial charge in [-0.1, -0.05) is 33.2 Å². The van der Waals surface area contributed by atoms with E-state index in [1.54, 1.807) is 7.11 Å². The summed E-state index contributed by atoms with van der Waals surface area (Å²) in [5.41, 5.74) is 2.02. The molecule has 3 rings (SSSR count). The maximum atomic E-state index is 12.1. The number of fused-ring (bicyclic) bond motifs is 1. The highest BCUT2D eigenvalue weighted by molar-refractivity contribution is 9.10. The lowest BCUT2D eigenvalue weighted by Gasteiger charge is -2.09. The first-order valence-electron chi connectivity index (χ1n) is 6.98. The molecule has 0 aliphatic heterocycles. The zero-order chi connectivity index (χ0) is 16.2. The number of nitrogens with zero attached hydrogens (tertiary/aromatic N) is 1. The highest BCUT2D eigenvalue weighted by Crippen LogP contribution is 2.24. The Morgan fingerprint density at radius 2 is 2.09 bits per heavy atom. The number of methoxy groups -OCH3 is 1. The van der Waals surface area contributed by atoms with Crippen LogP contribution in [0.5, 0.6) is 5.75 Å². The first kappa shape index (κ1) is 15.6. The van der Waals surface area contributed by atoms with Gasteiger partial charge in [-0.15, -0.1) is 0 Å². The number of hydrogen-bond donors (Lipinski definition) is 0. The van der Waals surface area contributed by atoms with Crippen molar-refractivity contribution in [3.63, 3.8) is 0 Å². The van der Waals surface area contributed by atoms with Crippen LogP contribution in [0, 0.1) is 0 Å². The second kappa shape index (κ2) is 6.83. The van der Waals surface area contributed by atoms with E-state index in [-0.39, 0.29) is 19.0 Å². The van der Waals surface area contributed by atoms with Gasteiger partial charge < -0.3 is 14.0 Å². The zero-order valence-corrected chi connectivity index (χ0v) is 14.0. The van der Waals surface area contributed by atoms with Crippen molar-refractivity contribution in [2.45, 2.75) is 13.0 Å². The molecule has 2 aromatic carbocycles. The van der Waals surface area contributed by atoms with Crippen molar-refractivity contribution in [3.8, 4) is 5.75 Å². The molecule has 0 bridgehead atoms. The van der Waals surface area contributed by atoms with E-state index in [1.807, 2.05) is 42.5 Å². The first-order valence-corrected chi connectivity index (χ1v) is 7.78. The lowest BCUT2D eigenvalue weighted by atomic mass is 10.2. The molecule has 23 heavy (non-hydrogen) atoms. The third-order valence-electron chi connectivity index (χ3n) is 3.40. The summed E-state index contributed by atoms with van der Waals surface area (Å²) < 4.78 is 16.7. The molecule has 0 N–H and O–H groups in total. The molecule has 1 aromatic heterocycles. The highest BCUT2D eigenvalue weighted by atomic mass is 79.9. The summed E-state index contributed by atoms with van der Waals surface area (Å²) in [6.07, 6.45) is 0.0628. The number of hydrogen-bond acceptors (Lipinski definition) is 5. The predicted octanol–water partition coefficient (Wildman–Crippen LogP) is 3.88. The Bertz CT molecular complexity index is 843. The average Bonchev–Trinajstić information content (AvgIpc) is 2.96. The number of carbonyl (C=O) groups is 1. The topological polar surface area (TPSA) is 61.6 Å². The smallest absolute Gasteiger partial charge is 0.312 e. The summed E-state index contributed by atoms with van der Waals surface area (Å²) in [7, 11) is 1.58. The van der Waals surface area contributed by atoms with Gasteiger partial charge in [0.15, 0.2) is 5.58 Å². The molecule has 0 fully saturated rings. The summed E-state index contributed by atoms with van der Waals surface area (Å²) in [4.78, 5) is 12.1. The normalized spacial score (nSPS) is 10.7. The van der Waals surface area contributed by atoms with E-state index in [4.69, 9.17) is 14.0 Å². The lowest BCUT2D eigenvalue weighted by Crippen LogP contribution is -2.09. The number of aromatic nitrogens is 1. The van der Waals surface area contributed by atoms with Crippen LogP contribution in [-0.4, -0.2) is 18.2 Å². The van der Waals surface area contributed by atoms with Gasteiger partial charge in [-0.25, -0.2) is 0 Å². The number of para-hydroxylation sites is 1. The summed E-state index contributed by atoms with van der Waals surface area (Å²) in [6.45, 7) is 0.136. The Balaban J connectivity index is 1.67. The van der Waals surface area contributed by atoms with E-state index in [0.717, 1.165) is 15.4 Å². The fraction of sp³-hybridized carbons (Fsp3) is 0.176. The van der Waals surface area contributed by atoms with Crippen molar-refractivity contribution in [1.29, 1.82) is 0 Å². The molecule has 118 valence electrons. The number of esters is 1. The number of benzene rings is 2. The molecule has 0 spiro atoms. The molecule has 0 radical (unpaired) electrons. The van der Waals surface area contributed by atoms with Crippen LogP contribution in [0.4, 0.5) is 0 Å². The molecular formula is C17H14BrNO4. The largest absolute Gasteiger partial charge is 0.496 e. The molecule has 3 aromatic rings. The fourth-order valence-electron chi connectivity index (χ4n) is 2.27. The van der Waals surface area contributed by atoms with Crippen LogP contribution in [0.2, 0.25) is 0 Å². The van der Waals surface area contributed by atoms with Crippen molar-refractivity contribution in [3.05, 3.63) is 58.2 Å². The van der Waals surface area contributed by atoms with Crippen LogP contribution in [0.15, 0.2) is 51.5 Å². The van der Waals surface area contributed by atoms with Crippen molar-refractivity contribution in [2.24, 2.45) is 0 Å². The fourth-order valence-corrected chi connectivity index (χ4v) is 2.68. The van der Waals surface area contributed by atoms with Crippen molar-refractivity contribution < 1.29 is 18.8 Å². The molecule has 6 heteroatoms. The summed E-state index contributed by atoms with van der Waals surface area (Å²) in [5, 5.41) is 4.75. The molecule has 1 heterocycles. The van der Waals surface area contributed by atoms with Crippen LogP contribution in [-0.2, 0) is 22.6 Å². The third kappa shape index (κ3) is 3.53. The van der Waals surface area contributed by atoms with Crippen molar-refractivity contribution >= 4 is 32.9 Å². The van der Waals surface area contributed by atoms with Crippen molar-refractivity contribution in [2.75, 3.05) is 7.11 Å². The standard InChI is InChI=1S/C17H14BrNO4/c1-21-15-7-6-12(18)8-11(15)10-22-17(20)9-14-13-4-2-3-5-16(13)23-19-14/h2-8H,9-10H2,1H3.